The fourth-order valence-corrected chi connectivity index (χ4v) is 2.35. The van der Waals surface area contributed by atoms with Crippen LogP contribution in [0.4, 0.5) is 0 Å². The highest BCUT2D eigenvalue weighted by atomic mass is 16.6. The number of carbonyl (C=O) groups is 1. The molecule has 0 saturated carbocycles. The third-order valence-electron chi connectivity index (χ3n) is 3.75. The Balaban J connectivity index is 3.45. The maximum atomic E-state index is 11.4. The summed E-state index contributed by atoms with van der Waals surface area (Å²) in [5, 5.41) is 27.4. The largest absolute Gasteiger partial charge is 0.457 e. The van der Waals surface area contributed by atoms with Crippen LogP contribution in [0.5, 0.6) is 0 Å². The number of hydrogen-bond donors (Lipinski definition) is 3. The van der Waals surface area contributed by atoms with Gasteiger partial charge in [0, 0.05) is 0 Å². The molecule has 0 rings (SSSR count). The number of aliphatic hydroxyl groups is 3. The molecule has 0 heterocycles. The average Bonchev–Trinajstić information content (AvgIpc) is 2.50. The lowest BCUT2D eigenvalue weighted by molar-refractivity contribution is -0.155. The summed E-state index contributed by atoms with van der Waals surface area (Å²) in [6.07, 6.45) is 9.90. The molecule has 0 aliphatic carbocycles. The topological polar surface area (TPSA) is 87.0 Å². The standard InChI is InChI=1S/C17H34O5/c1-2-3-4-5-6-7-8-9-10-11-15(20)12-17(21)22-16(13-18)14-19/h15-16,18-20H,2-14H2,1H3. The number of carbonyl (C=O) groups excluding carboxylic acids is 1. The lowest BCUT2D eigenvalue weighted by atomic mass is 10.0. The summed E-state index contributed by atoms with van der Waals surface area (Å²) in [6, 6.07) is 0. The molecule has 3 N–H and O–H groups in total. The smallest absolute Gasteiger partial charge is 0.308 e. The predicted octanol–water partition coefficient (Wildman–Crippen LogP) is 2.55. The summed E-state index contributed by atoms with van der Waals surface area (Å²) in [7, 11) is 0. The molecule has 0 saturated heterocycles. The third kappa shape index (κ3) is 13.0. The Bertz CT molecular complexity index is 253. The first-order valence-corrected chi connectivity index (χ1v) is 8.73. The van der Waals surface area contributed by atoms with Gasteiger partial charge in [-0.25, -0.2) is 0 Å². The van der Waals surface area contributed by atoms with Crippen LogP contribution in [0.1, 0.15) is 77.6 Å². The molecule has 0 aliphatic heterocycles. The summed E-state index contributed by atoms with van der Waals surface area (Å²) in [4.78, 5) is 11.4. The van der Waals surface area contributed by atoms with E-state index in [2.05, 4.69) is 6.92 Å². The van der Waals surface area contributed by atoms with Crippen molar-refractivity contribution in [3.63, 3.8) is 0 Å². The van der Waals surface area contributed by atoms with E-state index in [9.17, 15) is 9.90 Å². The molecule has 22 heavy (non-hydrogen) atoms. The Morgan fingerprint density at radius 1 is 0.909 bits per heavy atom. The Hall–Kier alpha value is -0.650. The van der Waals surface area contributed by atoms with Gasteiger partial charge in [0.15, 0.2) is 0 Å². The van der Waals surface area contributed by atoms with Gasteiger partial charge in [-0.3, -0.25) is 4.79 Å². The fraction of sp³-hybridized carbons (Fsp3) is 0.941. The van der Waals surface area contributed by atoms with Crippen LogP contribution in [-0.4, -0.2) is 46.7 Å². The SMILES string of the molecule is CCCCCCCCCCCC(O)CC(=O)OC(CO)CO. The molecule has 5 heteroatoms. The fourth-order valence-electron chi connectivity index (χ4n) is 2.35. The van der Waals surface area contributed by atoms with Crippen molar-refractivity contribution in [2.75, 3.05) is 13.2 Å². The zero-order valence-corrected chi connectivity index (χ0v) is 14.0. The number of rotatable bonds is 15. The Kier molecular flexibility index (Phi) is 14.8. The van der Waals surface area contributed by atoms with E-state index >= 15 is 0 Å². The number of unbranched alkanes of at least 4 members (excludes halogenated alkanes) is 8. The number of esters is 1. The van der Waals surface area contributed by atoms with Gasteiger partial charge in [-0.1, -0.05) is 64.7 Å². The minimum absolute atomic E-state index is 0.0759. The van der Waals surface area contributed by atoms with Gasteiger partial charge in [-0.15, -0.1) is 0 Å². The molecule has 0 aromatic carbocycles. The van der Waals surface area contributed by atoms with Gasteiger partial charge in [0.25, 0.3) is 0 Å². The van der Waals surface area contributed by atoms with E-state index in [1.807, 2.05) is 0 Å². The first kappa shape index (κ1) is 21.4. The van der Waals surface area contributed by atoms with Gasteiger partial charge in [0.2, 0.25) is 0 Å². The van der Waals surface area contributed by atoms with Crippen molar-refractivity contribution in [1.29, 1.82) is 0 Å². The molecule has 0 spiro atoms. The van der Waals surface area contributed by atoms with Crippen molar-refractivity contribution in [3.8, 4) is 0 Å². The van der Waals surface area contributed by atoms with Crippen LogP contribution in [0.3, 0.4) is 0 Å². The first-order chi connectivity index (χ1) is 10.6. The highest BCUT2D eigenvalue weighted by molar-refractivity contribution is 5.70. The van der Waals surface area contributed by atoms with E-state index in [1.165, 1.54) is 44.9 Å². The van der Waals surface area contributed by atoms with Crippen LogP contribution in [0.25, 0.3) is 0 Å². The Labute approximate surface area is 134 Å². The van der Waals surface area contributed by atoms with Crippen LogP contribution in [-0.2, 0) is 9.53 Å². The average molecular weight is 318 g/mol. The summed E-state index contributed by atoms with van der Waals surface area (Å²) in [6.45, 7) is 1.40. The van der Waals surface area contributed by atoms with Crippen molar-refractivity contribution in [3.05, 3.63) is 0 Å². The Morgan fingerprint density at radius 2 is 1.41 bits per heavy atom. The lowest BCUT2D eigenvalue weighted by Gasteiger charge is -2.14. The van der Waals surface area contributed by atoms with Gasteiger partial charge in [0.05, 0.1) is 25.7 Å². The maximum absolute atomic E-state index is 11.4. The molecule has 1 atom stereocenters. The zero-order chi connectivity index (χ0) is 16.6. The summed E-state index contributed by atoms with van der Waals surface area (Å²) >= 11 is 0. The molecule has 0 amide bonds. The van der Waals surface area contributed by atoms with Gasteiger partial charge in [-0.2, -0.15) is 0 Å². The second-order valence-corrected chi connectivity index (χ2v) is 5.95. The second kappa shape index (κ2) is 15.3. The van der Waals surface area contributed by atoms with Gasteiger partial charge >= 0.3 is 5.97 Å². The van der Waals surface area contributed by atoms with Crippen LogP contribution < -0.4 is 0 Å². The summed E-state index contributed by atoms with van der Waals surface area (Å²) in [5.74, 6) is -0.573. The van der Waals surface area contributed by atoms with E-state index in [0.717, 1.165) is 12.8 Å². The van der Waals surface area contributed by atoms with E-state index in [4.69, 9.17) is 14.9 Å². The van der Waals surface area contributed by atoms with Crippen molar-refractivity contribution >= 4 is 5.97 Å². The van der Waals surface area contributed by atoms with Crippen LogP contribution in [0, 0.1) is 0 Å². The van der Waals surface area contributed by atoms with Crippen LogP contribution in [0.2, 0.25) is 0 Å². The monoisotopic (exact) mass is 318 g/mol. The highest BCUT2D eigenvalue weighted by Gasteiger charge is 2.16. The van der Waals surface area contributed by atoms with Crippen LogP contribution in [0.15, 0.2) is 0 Å². The minimum Gasteiger partial charge on any atom is -0.457 e. The molecular formula is C17H34O5. The number of aliphatic hydroxyl groups excluding tert-OH is 3. The quantitative estimate of drug-likeness (QED) is 0.319. The predicted molar refractivity (Wildman–Crippen MR) is 86.5 cm³/mol. The van der Waals surface area contributed by atoms with Crippen molar-refractivity contribution in [1.82, 2.24) is 0 Å². The molecular weight excluding hydrogens is 284 g/mol. The van der Waals surface area contributed by atoms with Gasteiger partial charge in [-0.05, 0) is 6.42 Å². The molecule has 0 aromatic heterocycles. The van der Waals surface area contributed by atoms with Crippen molar-refractivity contribution in [2.45, 2.75) is 89.8 Å². The van der Waals surface area contributed by atoms with Gasteiger partial charge in [0.1, 0.15) is 6.10 Å². The molecule has 132 valence electrons. The lowest BCUT2D eigenvalue weighted by Crippen LogP contribution is -2.27. The molecule has 0 fully saturated rings. The summed E-state index contributed by atoms with van der Waals surface area (Å²) in [5.41, 5.74) is 0. The molecule has 0 aliphatic rings. The molecule has 1 unspecified atom stereocenters. The van der Waals surface area contributed by atoms with Crippen LogP contribution >= 0.6 is 0 Å². The highest BCUT2D eigenvalue weighted by Crippen LogP contribution is 2.12. The molecule has 0 bridgehead atoms. The van der Waals surface area contributed by atoms with E-state index in [0.29, 0.717) is 6.42 Å². The van der Waals surface area contributed by atoms with Crippen molar-refractivity contribution < 1.29 is 24.9 Å². The Morgan fingerprint density at radius 3 is 1.91 bits per heavy atom. The molecule has 0 aromatic rings. The van der Waals surface area contributed by atoms with E-state index in [-0.39, 0.29) is 6.42 Å². The molecule has 5 nitrogen and oxygen atoms in total. The van der Waals surface area contributed by atoms with Gasteiger partial charge < -0.3 is 20.1 Å². The summed E-state index contributed by atoms with van der Waals surface area (Å²) < 4.78 is 4.81. The van der Waals surface area contributed by atoms with E-state index in [1.54, 1.807) is 0 Å². The van der Waals surface area contributed by atoms with Crippen molar-refractivity contribution in [2.24, 2.45) is 0 Å². The third-order valence-corrected chi connectivity index (χ3v) is 3.75. The first-order valence-electron chi connectivity index (χ1n) is 8.73. The number of ether oxygens (including phenoxy) is 1. The normalized spacial score (nSPS) is 12.6. The maximum Gasteiger partial charge on any atom is 0.308 e. The van der Waals surface area contributed by atoms with E-state index < -0.39 is 31.4 Å². The molecule has 0 radical (unpaired) electrons. The zero-order valence-electron chi connectivity index (χ0n) is 14.0. The minimum atomic E-state index is -0.882. The number of hydrogen-bond acceptors (Lipinski definition) is 5. The second-order valence-electron chi connectivity index (χ2n) is 5.95.